The zero-order valence-corrected chi connectivity index (χ0v) is 13.4. The number of hydrogen-bond acceptors (Lipinski definition) is 3. The summed E-state index contributed by atoms with van der Waals surface area (Å²) >= 11 is 0. The summed E-state index contributed by atoms with van der Waals surface area (Å²) in [6, 6.07) is 5.25. The molecule has 0 fully saturated rings. The topological polar surface area (TPSA) is 46.6 Å². The molecule has 4 nitrogen and oxygen atoms in total. The quantitative estimate of drug-likeness (QED) is 0.844. The van der Waals surface area contributed by atoms with Gasteiger partial charge in [-0.25, -0.2) is 0 Å². The number of rotatable bonds is 4. The second kappa shape index (κ2) is 7.07. The molecular formula is C17H18F3NO3. The summed E-state index contributed by atoms with van der Waals surface area (Å²) in [5.41, 5.74) is 2.26. The average Bonchev–Trinajstić information content (AvgIpc) is 2.47. The zero-order chi connectivity index (χ0) is 17.9. The second-order valence-corrected chi connectivity index (χ2v) is 5.75. The molecule has 24 heavy (non-hydrogen) atoms. The van der Waals surface area contributed by atoms with Crippen molar-refractivity contribution < 1.29 is 27.5 Å². The molecule has 0 N–H and O–H groups in total. The number of carbonyl (C=O) groups is 2. The summed E-state index contributed by atoms with van der Waals surface area (Å²) in [5, 5.41) is 0. The molecule has 0 saturated carbocycles. The average molecular weight is 341 g/mol. The van der Waals surface area contributed by atoms with E-state index in [1.165, 1.54) is 31.2 Å². The third-order valence-electron chi connectivity index (χ3n) is 3.86. The molecule has 0 spiro atoms. The number of ketones is 1. The SMILES string of the molecule is CC(=O)C1=C(C)CN(C(=O)Cc2ccc(OC(F)(F)F)cc2)CC1. The third-order valence-corrected chi connectivity index (χ3v) is 3.86. The Morgan fingerprint density at radius 2 is 1.83 bits per heavy atom. The highest BCUT2D eigenvalue weighted by Crippen LogP contribution is 2.23. The molecule has 1 aliphatic heterocycles. The molecule has 0 aliphatic carbocycles. The first kappa shape index (κ1) is 18.0. The van der Waals surface area contributed by atoms with Crippen LogP contribution in [0.1, 0.15) is 25.8 Å². The first-order valence-corrected chi connectivity index (χ1v) is 7.48. The number of ether oxygens (including phenoxy) is 1. The lowest BCUT2D eigenvalue weighted by Crippen LogP contribution is -2.38. The molecule has 7 heteroatoms. The normalized spacial score (nSPS) is 15.5. The van der Waals surface area contributed by atoms with Crippen molar-refractivity contribution >= 4 is 11.7 Å². The fourth-order valence-electron chi connectivity index (χ4n) is 2.71. The van der Waals surface area contributed by atoms with Crippen molar-refractivity contribution in [1.29, 1.82) is 0 Å². The highest BCUT2D eigenvalue weighted by atomic mass is 19.4. The van der Waals surface area contributed by atoms with E-state index in [4.69, 9.17) is 0 Å². The summed E-state index contributed by atoms with van der Waals surface area (Å²) in [6.07, 6.45) is -4.11. The van der Waals surface area contributed by atoms with Crippen LogP contribution < -0.4 is 4.74 Å². The highest BCUT2D eigenvalue weighted by molar-refractivity contribution is 5.94. The Hall–Kier alpha value is -2.31. The molecule has 1 aliphatic rings. The van der Waals surface area contributed by atoms with Crippen molar-refractivity contribution in [1.82, 2.24) is 4.90 Å². The van der Waals surface area contributed by atoms with E-state index >= 15 is 0 Å². The number of nitrogens with zero attached hydrogens (tertiary/aromatic N) is 1. The molecule has 0 atom stereocenters. The van der Waals surface area contributed by atoms with Gasteiger partial charge >= 0.3 is 6.36 Å². The predicted molar refractivity (Wildman–Crippen MR) is 81.4 cm³/mol. The lowest BCUT2D eigenvalue weighted by Gasteiger charge is -2.29. The lowest BCUT2D eigenvalue weighted by atomic mass is 9.97. The van der Waals surface area contributed by atoms with Gasteiger partial charge in [0.1, 0.15) is 5.75 Å². The largest absolute Gasteiger partial charge is 0.573 e. The van der Waals surface area contributed by atoms with Gasteiger partial charge in [-0.2, -0.15) is 0 Å². The second-order valence-electron chi connectivity index (χ2n) is 5.75. The van der Waals surface area contributed by atoms with Gasteiger partial charge in [-0.3, -0.25) is 9.59 Å². The van der Waals surface area contributed by atoms with Crippen LogP contribution in [0.5, 0.6) is 5.75 Å². The fraction of sp³-hybridized carbons (Fsp3) is 0.412. The highest BCUT2D eigenvalue weighted by Gasteiger charge is 2.31. The van der Waals surface area contributed by atoms with Gasteiger partial charge in [0.25, 0.3) is 0 Å². The molecule has 1 aromatic rings. The molecule has 1 heterocycles. The Kier molecular flexibility index (Phi) is 5.31. The Labute approximate surface area is 137 Å². The first-order valence-electron chi connectivity index (χ1n) is 7.48. The number of Topliss-reactive ketones (excluding diaryl/α,β-unsaturated/α-hetero) is 1. The van der Waals surface area contributed by atoms with E-state index in [9.17, 15) is 22.8 Å². The van der Waals surface area contributed by atoms with E-state index in [0.29, 0.717) is 25.1 Å². The van der Waals surface area contributed by atoms with E-state index in [1.54, 1.807) is 4.90 Å². The molecular weight excluding hydrogens is 323 g/mol. The van der Waals surface area contributed by atoms with Crippen molar-refractivity contribution in [2.24, 2.45) is 0 Å². The minimum absolute atomic E-state index is 0.0276. The van der Waals surface area contributed by atoms with Crippen LogP contribution in [-0.2, 0) is 16.0 Å². The van der Waals surface area contributed by atoms with Crippen LogP contribution >= 0.6 is 0 Å². The number of benzene rings is 1. The number of carbonyl (C=O) groups excluding carboxylic acids is 2. The van der Waals surface area contributed by atoms with Crippen LogP contribution in [0, 0.1) is 0 Å². The van der Waals surface area contributed by atoms with Crippen LogP contribution in [-0.4, -0.2) is 36.0 Å². The van der Waals surface area contributed by atoms with E-state index in [-0.39, 0.29) is 23.9 Å². The number of alkyl halides is 3. The van der Waals surface area contributed by atoms with Crippen LogP contribution in [0.3, 0.4) is 0 Å². The summed E-state index contributed by atoms with van der Waals surface area (Å²) < 4.78 is 40.1. The first-order chi connectivity index (χ1) is 11.2. The van der Waals surface area contributed by atoms with Crippen LogP contribution in [0.25, 0.3) is 0 Å². The van der Waals surface area contributed by atoms with E-state index in [2.05, 4.69) is 4.74 Å². The van der Waals surface area contributed by atoms with Gasteiger partial charge in [-0.15, -0.1) is 13.2 Å². The smallest absolute Gasteiger partial charge is 0.406 e. The number of halogens is 3. The van der Waals surface area contributed by atoms with E-state index < -0.39 is 6.36 Å². The van der Waals surface area contributed by atoms with Crippen LogP contribution in [0.15, 0.2) is 35.4 Å². The van der Waals surface area contributed by atoms with Gasteiger partial charge in [-0.1, -0.05) is 12.1 Å². The van der Waals surface area contributed by atoms with Crippen molar-refractivity contribution in [3.05, 3.63) is 41.0 Å². The van der Waals surface area contributed by atoms with Gasteiger partial charge in [0, 0.05) is 13.1 Å². The van der Waals surface area contributed by atoms with Crippen molar-refractivity contribution in [2.45, 2.75) is 33.1 Å². The molecule has 1 amide bonds. The molecule has 0 unspecified atom stereocenters. The van der Waals surface area contributed by atoms with E-state index in [0.717, 1.165) is 11.1 Å². The van der Waals surface area contributed by atoms with Crippen LogP contribution in [0.4, 0.5) is 13.2 Å². The molecule has 0 aromatic heterocycles. The van der Waals surface area contributed by atoms with Crippen molar-refractivity contribution in [2.75, 3.05) is 13.1 Å². The maximum atomic E-state index is 12.3. The van der Waals surface area contributed by atoms with Crippen LogP contribution in [0.2, 0.25) is 0 Å². The minimum Gasteiger partial charge on any atom is -0.406 e. The standard InChI is InChI=1S/C17H18F3NO3/c1-11-10-21(8-7-15(11)12(2)22)16(23)9-13-3-5-14(6-4-13)24-17(18,19)20/h3-6H,7-10H2,1-2H3. The number of hydrogen-bond donors (Lipinski definition) is 0. The Morgan fingerprint density at radius 3 is 2.33 bits per heavy atom. The van der Waals surface area contributed by atoms with Gasteiger partial charge in [-0.05, 0) is 49.1 Å². The minimum atomic E-state index is -4.73. The Morgan fingerprint density at radius 1 is 1.21 bits per heavy atom. The molecule has 1 aromatic carbocycles. The summed E-state index contributed by atoms with van der Waals surface area (Å²) in [4.78, 5) is 25.4. The zero-order valence-electron chi connectivity index (χ0n) is 13.4. The number of amides is 1. The lowest BCUT2D eigenvalue weighted by molar-refractivity contribution is -0.274. The molecule has 0 saturated heterocycles. The predicted octanol–water partition coefficient (Wildman–Crippen LogP) is 3.27. The van der Waals surface area contributed by atoms with Crippen molar-refractivity contribution in [3.63, 3.8) is 0 Å². The summed E-state index contributed by atoms with van der Waals surface area (Å²) in [5.74, 6) is -0.414. The van der Waals surface area contributed by atoms with Gasteiger partial charge in [0.15, 0.2) is 5.78 Å². The molecule has 0 radical (unpaired) electrons. The molecule has 2 rings (SSSR count). The van der Waals surface area contributed by atoms with Gasteiger partial charge in [0.05, 0.1) is 6.42 Å². The monoisotopic (exact) mass is 341 g/mol. The van der Waals surface area contributed by atoms with E-state index in [1.807, 2.05) is 6.92 Å². The maximum absolute atomic E-state index is 12.3. The summed E-state index contributed by atoms with van der Waals surface area (Å²) in [6.45, 7) is 4.23. The van der Waals surface area contributed by atoms with Gasteiger partial charge < -0.3 is 9.64 Å². The molecule has 0 bridgehead atoms. The maximum Gasteiger partial charge on any atom is 0.573 e. The Balaban J connectivity index is 1.97. The summed E-state index contributed by atoms with van der Waals surface area (Å²) in [7, 11) is 0. The molecule has 130 valence electrons. The fourth-order valence-corrected chi connectivity index (χ4v) is 2.71. The van der Waals surface area contributed by atoms with Crippen molar-refractivity contribution in [3.8, 4) is 5.75 Å². The van der Waals surface area contributed by atoms with Gasteiger partial charge in [0.2, 0.25) is 5.91 Å². The third kappa shape index (κ3) is 4.84. The Bertz CT molecular complexity index is 663.